The van der Waals surface area contributed by atoms with E-state index >= 15 is 0 Å². The third kappa shape index (κ3) is 2.67. The normalized spacial score (nSPS) is 22.6. The molecule has 2 bridgehead atoms. The molecule has 2 atom stereocenters. The molecule has 4 heteroatoms. The average Bonchev–Trinajstić information content (AvgIpc) is 3.02. The summed E-state index contributed by atoms with van der Waals surface area (Å²) in [6.07, 6.45) is 2.59. The maximum absolute atomic E-state index is 12.9. The Morgan fingerprint density at radius 2 is 1.84 bits per heavy atom. The SMILES string of the molecule is Cc1ccc(-c2ccc(Cl)nc2C)cc1C1=C(O)C2CCC(C2)C1=O. The summed E-state index contributed by atoms with van der Waals surface area (Å²) >= 11 is 5.96. The maximum atomic E-state index is 12.9. The Morgan fingerprint density at radius 3 is 2.60 bits per heavy atom. The Kier molecular flexibility index (Phi) is 3.92. The standard InChI is InChI=1S/C21H20ClNO2/c1-11-3-4-13(16-7-8-18(22)23-12(16)2)10-17(11)19-20(24)14-5-6-15(9-14)21(19)25/h3-4,7-8,10,14-15,24H,5-6,9H2,1-2H3. The van der Waals surface area contributed by atoms with Crippen molar-refractivity contribution in [1.82, 2.24) is 4.98 Å². The number of aliphatic hydroxyl groups is 1. The summed E-state index contributed by atoms with van der Waals surface area (Å²) in [5.41, 5.74) is 5.17. The second-order valence-corrected chi connectivity index (χ2v) is 7.52. The molecule has 1 N–H and O–H groups in total. The van der Waals surface area contributed by atoms with Crippen LogP contribution in [-0.4, -0.2) is 15.9 Å². The molecule has 3 nitrogen and oxygen atoms in total. The molecule has 25 heavy (non-hydrogen) atoms. The molecule has 0 radical (unpaired) electrons. The van der Waals surface area contributed by atoms with Gasteiger partial charge in [0.15, 0.2) is 5.78 Å². The van der Waals surface area contributed by atoms with Crippen molar-refractivity contribution in [3.63, 3.8) is 0 Å². The number of Topliss-reactive ketones (excluding diaryl/α,β-unsaturated/α-hetero) is 1. The quantitative estimate of drug-likeness (QED) is 0.746. The number of hydrogen-bond donors (Lipinski definition) is 1. The van der Waals surface area contributed by atoms with Crippen LogP contribution >= 0.6 is 11.6 Å². The van der Waals surface area contributed by atoms with Gasteiger partial charge in [-0.15, -0.1) is 0 Å². The fourth-order valence-corrected chi connectivity index (χ4v) is 4.36. The number of hydrogen-bond acceptors (Lipinski definition) is 3. The van der Waals surface area contributed by atoms with E-state index in [0.29, 0.717) is 10.7 Å². The molecule has 128 valence electrons. The molecule has 0 saturated heterocycles. The van der Waals surface area contributed by atoms with Gasteiger partial charge in [0.05, 0.1) is 5.57 Å². The van der Waals surface area contributed by atoms with E-state index in [9.17, 15) is 9.90 Å². The first kappa shape index (κ1) is 16.3. The molecule has 1 saturated carbocycles. The zero-order valence-corrected chi connectivity index (χ0v) is 15.1. The Labute approximate surface area is 152 Å². The van der Waals surface area contributed by atoms with Gasteiger partial charge < -0.3 is 5.11 Å². The first-order valence-corrected chi connectivity index (χ1v) is 9.05. The molecule has 0 aliphatic heterocycles. The molecule has 2 aliphatic carbocycles. The molecule has 1 aromatic carbocycles. The number of aliphatic hydroxyl groups excluding tert-OH is 1. The van der Waals surface area contributed by atoms with E-state index in [1.165, 1.54) is 0 Å². The van der Waals surface area contributed by atoms with Crippen LogP contribution in [0.5, 0.6) is 0 Å². The number of fused-ring (bicyclic) bond motifs is 2. The molecule has 1 fully saturated rings. The van der Waals surface area contributed by atoms with Gasteiger partial charge in [0, 0.05) is 23.1 Å². The fraction of sp³-hybridized carbons (Fsp3) is 0.333. The van der Waals surface area contributed by atoms with Crippen molar-refractivity contribution in [1.29, 1.82) is 0 Å². The van der Waals surface area contributed by atoms with Gasteiger partial charge >= 0.3 is 0 Å². The van der Waals surface area contributed by atoms with Crippen LogP contribution in [0, 0.1) is 25.7 Å². The van der Waals surface area contributed by atoms with Gasteiger partial charge in [0.25, 0.3) is 0 Å². The number of aromatic nitrogens is 1. The Balaban J connectivity index is 1.86. The number of carbonyl (C=O) groups is 1. The zero-order chi connectivity index (χ0) is 17.7. The van der Waals surface area contributed by atoms with Crippen LogP contribution < -0.4 is 0 Å². The van der Waals surface area contributed by atoms with Crippen molar-refractivity contribution < 1.29 is 9.90 Å². The first-order valence-electron chi connectivity index (χ1n) is 8.67. The third-order valence-electron chi connectivity index (χ3n) is 5.56. The minimum atomic E-state index is 0.0675. The van der Waals surface area contributed by atoms with Crippen molar-refractivity contribution >= 4 is 23.0 Å². The molecule has 1 aromatic heterocycles. The molecule has 2 unspecified atom stereocenters. The highest BCUT2D eigenvalue weighted by Gasteiger charge is 2.41. The molecule has 1 heterocycles. The van der Waals surface area contributed by atoms with E-state index in [0.717, 1.165) is 47.2 Å². The number of benzene rings is 1. The number of rotatable bonds is 2. The van der Waals surface area contributed by atoms with Gasteiger partial charge in [-0.25, -0.2) is 4.98 Å². The van der Waals surface area contributed by atoms with Gasteiger partial charge in [-0.2, -0.15) is 0 Å². The highest BCUT2D eigenvalue weighted by atomic mass is 35.5. The lowest BCUT2D eigenvalue weighted by atomic mass is 9.81. The van der Waals surface area contributed by atoms with Gasteiger partial charge in [-0.3, -0.25) is 4.79 Å². The minimum Gasteiger partial charge on any atom is -0.511 e. The highest BCUT2D eigenvalue weighted by Crippen LogP contribution is 2.46. The summed E-state index contributed by atoms with van der Waals surface area (Å²) < 4.78 is 0. The van der Waals surface area contributed by atoms with Gasteiger partial charge in [0.2, 0.25) is 0 Å². The largest absolute Gasteiger partial charge is 0.511 e. The minimum absolute atomic E-state index is 0.0675. The first-order chi connectivity index (χ1) is 12.0. The maximum Gasteiger partial charge on any atom is 0.169 e. The van der Waals surface area contributed by atoms with Crippen LogP contribution in [0.15, 0.2) is 36.1 Å². The Morgan fingerprint density at radius 1 is 1.08 bits per heavy atom. The number of ketones is 1. The number of allylic oxidation sites excluding steroid dienone is 2. The second kappa shape index (κ2) is 5.99. The number of carbonyl (C=O) groups excluding carboxylic acids is 1. The van der Waals surface area contributed by atoms with Crippen LogP contribution in [0.4, 0.5) is 0 Å². The van der Waals surface area contributed by atoms with Crippen LogP contribution in [0.2, 0.25) is 5.15 Å². The van der Waals surface area contributed by atoms with Crippen LogP contribution in [0.3, 0.4) is 0 Å². The van der Waals surface area contributed by atoms with E-state index in [1.807, 2.05) is 38.1 Å². The van der Waals surface area contributed by atoms with Crippen LogP contribution in [0.1, 0.15) is 36.1 Å². The predicted octanol–water partition coefficient (Wildman–Crippen LogP) is 5.29. The molecule has 0 amide bonds. The van der Waals surface area contributed by atoms with E-state index in [-0.39, 0.29) is 23.4 Å². The number of halogens is 1. The summed E-state index contributed by atoms with van der Waals surface area (Å²) in [5.74, 6) is 0.583. The second-order valence-electron chi connectivity index (χ2n) is 7.13. The summed E-state index contributed by atoms with van der Waals surface area (Å²) in [5, 5.41) is 11.2. The molecule has 0 spiro atoms. The van der Waals surface area contributed by atoms with Crippen molar-refractivity contribution in [2.45, 2.75) is 33.1 Å². The smallest absolute Gasteiger partial charge is 0.169 e. The van der Waals surface area contributed by atoms with Crippen molar-refractivity contribution in [2.24, 2.45) is 11.8 Å². The van der Waals surface area contributed by atoms with E-state index in [2.05, 4.69) is 4.98 Å². The van der Waals surface area contributed by atoms with Crippen molar-refractivity contribution in [2.75, 3.05) is 0 Å². The van der Waals surface area contributed by atoms with E-state index in [4.69, 9.17) is 11.6 Å². The topological polar surface area (TPSA) is 50.2 Å². The molecule has 2 aromatic rings. The summed E-state index contributed by atoms with van der Waals surface area (Å²) in [6.45, 7) is 3.90. The number of aryl methyl sites for hydroxylation is 2. The van der Waals surface area contributed by atoms with Crippen molar-refractivity contribution in [3.8, 4) is 11.1 Å². The average molecular weight is 354 g/mol. The van der Waals surface area contributed by atoms with Crippen LogP contribution in [-0.2, 0) is 4.79 Å². The van der Waals surface area contributed by atoms with Gasteiger partial charge in [-0.1, -0.05) is 23.7 Å². The molecule has 4 rings (SSSR count). The van der Waals surface area contributed by atoms with E-state index < -0.39 is 0 Å². The van der Waals surface area contributed by atoms with Gasteiger partial charge in [0.1, 0.15) is 10.9 Å². The van der Waals surface area contributed by atoms with Crippen molar-refractivity contribution in [3.05, 3.63) is 58.1 Å². The lowest BCUT2D eigenvalue weighted by molar-refractivity contribution is -0.117. The number of pyridine rings is 1. The lowest BCUT2D eigenvalue weighted by Gasteiger charge is -2.23. The molecule has 2 aliphatic rings. The van der Waals surface area contributed by atoms with E-state index in [1.54, 1.807) is 6.07 Å². The van der Waals surface area contributed by atoms with Gasteiger partial charge in [-0.05, 0) is 68.0 Å². The lowest BCUT2D eigenvalue weighted by Crippen LogP contribution is -2.21. The monoisotopic (exact) mass is 353 g/mol. The number of nitrogens with zero attached hydrogens (tertiary/aromatic N) is 1. The highest BCUT2D eigenvalue weighted by molar-refractivity contribution is 6.29. The third-order valence-corrected chi connectivity index (χ3v) is 5.77. The zero-order valence-electron chi connectivity index (χ0n) is 14.3. The fourth-order valence-electron chi connectivity index (χ4n) is 4.17. The Hall–Kier alpha value is -2.13. The summed E-state index contributed by atoms with van der Waals surface area (Å²) in [6, 6.07) is 9.74. The molecular formula is C21H20ClNO2. The summed E-state index contributed by atoms with van der Waals surface area (Å²) in [7, 11) is 0. The predicted molar refractivity (Wildman–Crippen MR) is 99.5 cm³/mol. The Bertz CT molecular complexity index is 916. The molecular weight excluding hydrogens is 334 g/mol. The summed E-state index contributed by atoms with van der Waals surface area (Å²) in [4.78, 5) is 17.2. The van der Waals surface area contributed by atoms with Crippen LogP contribution in [0.25, 0.3) is 16.7 Å².